The SMILES string of the molecule is COc1ccc(COc2ccc(/C=N/NC(=O)CNc3ccc(C)cc3)o2)cc1. The second-order valence-corrected chi connectivity index (χ2v) is 6.31. The van der Waals surface area contributed by atoms with Gasteiger partial charge < -0.3 is 19.2 Å². The van der Waals surface area contributed by atoms with Crippen LogP contribution in [0, 0.1) is 6.92 Å². The number of methoxy groups -OCH3 is 1. The molecule has 7 nitrogen and oxygen atoms in total. The zero-order valence-corrected chi connectivity index (χ0v) is 16.3. The first-order chi connectivity index (χ1) is 14.1. The van der Waals surface area contributed by atoms with Crippen molar-refractivity contribution < 1.29 is 18.7 Å². The van der Waals surface area contributed by atoms with Crippen molar-refractivity contribution in [3.8, 4) is 11.7 Å². The number of nitrogens with one attached hydrogen (secondary N) is 2. The molecule has 2 aromatic carbocycles. The molecule has 0 bridgehead atoms. The van der Waals surface area contributed by atoms with Crippen molar-refractivity contribution in [2.75, 3.05) is 19.0 Å². The molecule has 29 heavy (non-hydrogen) atoms. The van der Waals surface area contributed by atoms with E-state index in [9.17, 15) is 4.79 Å². The van der Waals surface area contributed by atoms with Crippen molar-refractivity contribution in [2.45, 2.75) is 13.5 Å². The van der Waals surface area contributed by atoms with Gasteiger partial charge in [0.05, 0.1) is 19.9 Å². The summed E-state index contributed by atoms with van der Waals surface area (Å²) in [5, 5.41) is 6.92. The summed E-state index contributed by atoms with van der Waals surface area (Å²) in [5.41, 5.74) is 5.47. The minimum atomic E-state index is -0.260. The highest BCUT2D eigenvalue weighted by molar-refractivity contribution is 5.83. The molecule has 1 amide bonds. The van der Waals surface area contributed by atoms with Crippen molar-refractivity contribution in [1.82, 2.24) is 5.43 Å². The number of nitrogens with zero attached hydrogens (tertiary/aromatic N) is 1. The molecule has 0 fully saturated rings. The molecule has 0 spiro atoms. The summed E-state index contributed by atoms with van der Waals surface area (Å²) >= 11 is 0. The van der Waals surface area contributed by atoms with Crippen molar-refractivity contribution in [1.29, 1.82) is 0 Å². The quantitative estimate of drug-likeness (QED) is 0.427. The molecule has 0 saturated heterocycles. The second kappa shape index (κ2) is 9.98. The Balaban J connectivity index is 1.41. The summed E-state index contributed by atoms with van der Waals surface area (Å²) in [6.07, 6.45) is 1.42. The number of rotatable bonds is 9. The summed E-state index contributed by atoms with van der Waals surface area (Å²) in [6, 6.07) is 18.8. The molecule has 150 valence electrons. The fourth-order valence-corrected chi connectivity index (χ4v) is 2.42. The van der Waals surface area contributed by atoms with Crippen LogP contribution in [0.4, 0.5) is 5.69 Å². The summed E-state index contributed by atoms with van der Waals surface area (Å²) in [6.45, 7) is 2.50. The lowest BCUT2D eigenvalue weighted by Gasteiger charge is -2.05. The summed E-state index contributed by atoms with van der Waals surface area (Å²) in [5.74, 6) is 1.38. The summed E-state index contributed by atoms with van der Waals surface area (Å²) in [4.78, 5) is 11.8. The number of aryl methyl sites for hydroxylation is 1. The normalized spacial score (nSPS) is 10.7. The topological polar surface area (TPSA) is 85.1 Å². The lowest BCUT2D eigenvalue weighted by Crippen LogP contribution is -2.25. The van der Waals surface area contributed by atoms with Gasteiger partial charge in [0.15, 0.2) is 5.76 Å². The number of benzene rings is 2. The average Bonchev–Trinajstić information content (AvgIpc) is 3.20. The molecule has 1 aromatic heterocycles. The Bertz CT molecular complexity index is 947. The van der Waals surface area contributed by atoms with E-state index >= 15 is 0 Å². The monoisotopic (exact) mass is 393 g/mol. The molecule has 1 heterocycles. The number of anilines is 1. The molecular weight excluding hydrogens is 370 g/mol. The molecule has 0 radical (unpaired) electrons. The first-order valence-corrected chi connectivity index (χ1v) is 9.10. The number of ether oxygens (including phenoxy) is 2. The van der Waals surface area contributed by atoms with Gasteiger partial charge in [-0.05, 0) is 42.8 Å². The van der Waals surface area contributed by atoms with E-state index in [1.165, 1.54) is 6.21 Å². The first kappa shape index (κ1) is 20.0. The number of hydrogen-bond acceptors (Lipinski definition) is 6. The van der Waals surface area contributed by atoms with E-state index in [4.69, 9.17) is 13.9 Å². The predicted octanol–water partition coefficient (Wildman–Crippen LogP) is 3.74. The smallest absolute Gasteiger partial charge is 0.285 e. The van der Waals surface area contributed by atoms with Gasteiger partial charge in [-0.25, -0.2) is 5.43 Å². The van der Waals surface area contributed by atoms with E-state index in [1.807, 2.05) is 55.5 Å². The third kappa shape index (κ3) is 6.42. The van der Waals surface area contributed by atoms with Crippen LogP contribution < -0.4 is 20.2 Å². The predicted molar refractivity (Wildman–Crippen MR) is 111 cm³/mol. The largest absolute Gasteiger partial charge is 0.497 e. The van der Waals surface area contributed by atoms with Crippen molar-refractivity contribution in [3.05, 3.63) is 77.6 Å². The summed E-state index contributed by atoms with van der Waals surface area (Å²) < 4.78 is 16.2. The van der Waals surface area contributed by atoms with E-state index in [0.29, 0.717) is 18.3 Å². The van der Waals surface area contributed by atoms with Crippen LogP contribution in [0.3, 0.4) is 0 Å². The Morgan fingerprint density at radius 3 is 2.55 bits per heavy atom. The second-order valence-electron chi connectivity index (χ2n) is 6.31. The zero-order valence-electron chi connectivity index (χ0n) is 16.3. The molecule has 3 rings (SSSR count). The van der Waals surface area contributed by atoms with Crippen LogP contribution in [0.2, 0.25) is 0 Å². The highest BCUT2D eigenvalue weighted by Gasteiger charge is 2.03. The molecule has 7 heteroatoms. The lowest BCUT2D eigenvalue weighted by atomic mass is 10.2. The molecule has 0 saturated carbocycles. The lowest BCUT2D eigenvalue weighted by molar-refractivity contribution is -0.119. The Morgan fingerprint density at radius 2 is 1.83 bits per heavy atom. The van der Waals surface area contributed by atoms with Crippen LogP contribution in [-0.2, 0) is 11.4 Å². The zero-order chi connectivity index (χ0) is 20.5. The molecule has 0 aliphatic heterocycles. The Labute approximate surface area is 169 Å². The van der Waals surface area contributed by atoms with Crippen LogP contribution in [0.25, 0.3) is 0 Å². The van der Waals surface area contributed by atoms with Crippen LogP contribution in [0.1, 0.15) is 16.9 Å². The number of furan rings is 1. The summed E-state index contributed by atoms with van der Waals surface area (Å²) in [7, 11) is 1.63. The fourth-order valence-electron chi connectivity index (χ4n) is 2.42. The first-order valence-electron chi connectivity index (χ1n) is 9.10. The molecule has 2 N–H and O–H groups in total. The van der Waals surface area contributed by atoms with E-state index < -0.39 is 0 Å². The van der Waals surface area contributed by atoms with Gasteiger partial charge in [-0.15, -0.1) is 0 Å². The van der Waals surface area contributed by atoms with Gasteiger partial charge in [0.2, 0.25) is 0 Å². The number of hydrazone groups is 1. The Morgan fingerprint density at radius 1 is 1.07 bits per heavy atom. The maximum absolute atomic E-state index is 11.8. The average molecular weight is 393 g/mol. The number of amides is 1. The van der Waals surface area contributed by atoms with Crippen LogP contribution in [-0.4, -0.2) is 25.8 Å². The van der Waals surface area contributed by atoms with Crippen molar-refractivity contribution >= 4 is 17.8 Å². The minimum absolute atomic E-state index is 0.120. The highest BCUT2D eigenvalue weighted by Crippen LogP contribution is 2.17. The molecule has 0 aliphatic carbocycles. The highest BCUT2D eigenvalue weighted by atomic mass is 16.6. The van der Waals surface area contributed by atoms with Gasteiger partial charge in [-0.2, -0.15) is 5.10 Å². The van der Waals surface area contributed by atoms with Gasteiger partial charge in [0.1, 0.15) is 12.4 Å². The van der Waals surface area contributed by atoms with Gasteiger partial charge in [-0.3, -0.25) is 4.79 Å². The molecular formula is C22H23N3O4. The van der Waals surface area contributed by atoms with Crippen LogP contribution in [0.15, 0.2) is 70.2 Å². The van der Waals surface area contributed by atoms with Crippen molar-refractivity contribution in [2.24, 2.45) is 5.10 Å². The fraction of sp³-hybridized carbons (Fsp3) is 0.182. The third-order valence-electron chi connectivity index (χ3n) is 4.03. The third-order valence-corrected chi connectivity index (χ3v) is 4.03. The van der Waals surface area contributed by atoms with E-state index in [-0.39, 0.29) is 12.5 Å². The van der Waals surface area contributed by atoms with E-state index in [1.54, 1.807) is 19.2 Å². The molecule has 0 unspecified atom stereocenters. The van der Waals surface area contributed by atoms with E-state index in [0.717, 1.165) is 22.6 Å². The number of carbonyl (C=O) groups excluding carboxylic acids is 1. The molecule has 0 atom stereocenters. The Hall–Kier alpha value is -3.74. The Kier molecular flexibility index (Phi) is 6.89. The standard InChI is InChI=1S/C22H23N3O4/c1-16-3-7-18(8-4-16)23-14-21(26)25-24-13-20-11-12-22(29-20)28-15-17-5-9-19(27-2)10-6-17/h3-13,23H,14-15H2,1-2H3,(H,25,26)/b24-13+. The maximum Gasteiger partial charge on any atom is 0.285 e. The minimum Gasteiger partial charge on any atom is -0.497 e. The van der Waals surface area contributed by atoms with Gasteiger partial charge in [-0.1, -0.05) is 29.8 Å². The number of hydrogen-bond donors (Lipinski definition) is 2. The van der Waals surface area contributed by atoms with Crippen molar-refractivity contribution in [3.63, 3.8) is 0 Å². The molecule has 0 aliphatic rings. The van der Waals surface area contributed by atoms with Gasteiger partial charge in [0, 0.05) is 11.8 Å². The van der Waals surface area contributed by atoms with E-state index in [2.05, 4.69) is 15.8 Å². The van der Waals surface area contributed by atoms with Gasteiger partial charge in [0.25, 0.3) is 11.9 Å². The number of carbonyl (C=O) groups is 1. The van der Waals surface area contributed by atoms with Crippen LogP contribution in [0.5, 0.6) is 11.7 Å². The molecule has 3 aromatic rings. The maximum atomic E-state index is 11.8. The van der Waals surface area contributed by atoms with Gasteiger partial charge >= 0.3 is 0 Å². The van der Waals surface area contributed by atoms with Crippen LogP contribution >= 0.6 is 0 Å².